The summed E-state index contributed by atoms with van der Waals surface area (Å²) in [5, 5.41) is 4.91. The minimum atomic E-state index is -3.84. The highest BCUT2D eigenvalue weighted by Gasteiger charge is 2.18. The van der Waals surface area contributed by atoms with Crippen LogP contribution in [-0.4, -0.2) is 29.6 Å². The van der Waals surface area contributed by atoms with E-state index < -0.39 is 10.1 Å². The average Bonchev–Trinajstić information content (AvgIpc) is 3.27. The van der Waals surface area contributed by atoms with Gasteiger partial charge in [0.1, 0.15) is 5.69 Å². The number of hydrogen-bond acceptors (Lipinski definition) is 5. The molecular formula is C30H25N3O3S. The predicted octanol–water partition coefficient (Wildman–Crippen LogP) is 5.83. The monoisotopic (exact) mass is 507 g/mol. The van der Waals surface area contributed by atoms with E-state index >= 15 is 0 Å². The maximum absolute atomic E-state index is 12.5. The average molecular weight is 508 g/mol. The minimum Gasteiger partial charge on any atom is -0.265 e. The standard InChI is InChI=1S/C30H25N3O3S/c1-22-16-18-26(19-17-22)37(34,35)36-20-10-9-15-27-29(25-13-7-4-8-14-25)32-33-28(21-23(2)31-30(27)33)24-11-5-3-6-12-24/h3-8,11-14,16-19,21H,10,20H2,1-2H3. The van der Waals surface area contributed by atoms with Gasteiger partial charge in [0.05, 0.1) is 22.8 Å². The summed E-state index contributed by atoms with van der Waals surface area (Å²) in [6, 6.07) is 28.4. The van der Waals surface area contributed by atoms with Gasteiger partial charge >= 0.3 is 0 Å². The summed E-state index contributed by atoms with van der Waals surface area (Å²) < 4.78 is 32.0. The topological polar surface area (TPSA) is 73.6 Å². The third-order valence-electron chi connectivity index (χ3n) is 5.82. The molecular weight excluding hydrogens is 482 g/mol. The molecule has 0 atom stereocenters. The fraction of sp³-hybridized carbons (Fsp3) is 0.133. The Bertz CT molecular complexity index is 1720. The van der Waals surface area contributed by atoms with Gasteiger partial charge < -0.3 is 0 Å². The molecule has 0 unspecified atom stereocenters. The van der Waals surface area contributed by atoms with Crippen molar-refractivity contribution < 1.29 is 12.6 Å². The Morgan fingerprint density at radius 1 is 0.865 bits per heavy atom. The normalized spacial score (nSPS) is 11.3. The maximum atomic E-state index is 12.5. The van der Waals surface area contributed by atoms with Crippen LogP contribution in [0.1, 0.15) is 23.2 Å². The molecule has 184 valence electrons. The molecule has 2 heterocycles. The number of fused-ring (bicyclic) bond motifs is 1. The first-order valence-electron chi connectivity index (χ1n) is 11.9. The first kappa shape index (κ1) is 24.4. The summed E-state index contributed by atoms with van der Waals surface area (Å²) >= 11 is 0. The van der Waals surface area contributed by atoms with E-state index in [2.05, 4.69) is 11.8 Å². The molecule has 0 spiro atoms. The Labute approximate surface area is 216 Å². The van der Waals surface area contributed by atoms with Gasteiger partial charge in [-0.25, -0.2) is 9.50 Å². The van der Waals surface area contributed by atoms with Crippen LogP contribution in [0.3, 0.4) is 0 Å². The van der Waals surface area contributed by atoms with E-state index in [0.717, 1.165) is 33.8 Å². The summed E-state index contributed by atoms with van der Waals surface area (Å²) in [5.74, 6) is 6.27. The fourth-order valence-electron chi connectivity index (χ4n) is 3.99. The second kappa shape index (κ2) is 10.4. The molecule has 0 aliphatic heterocycles. The van der Waals surface area contributed by atoms with Gasteiger partial charge in [-0.3, -0.25) is 4.18 Å². The van der Waals surface area contributed by atoms with Crippen molar-refractivity contribution in [3.8, 4) is 34.4 Å². The molecule has 0 aliphatic carbocycles. The lowest BCUT2D eigenvalue weighted by atomic mass is 10.1. The van der Waals surface area contributed by atoms with E-state index in [1.54, 1.807) is 24.3 Å². The lowest BCUT2D eigenvalue weighted by Gasteiger charge is -2.06. The molecule has 7 heteroatoms. The smallest absolute Gasteiger partial charge is 0.265 e. The second-order valence-corrected chi connectivity index (χ2v) is 10.2. The van der Waals surface area contributed by atoms with Gasteiger partial charge in [-0.05, 0) is 32.0 Å². The largest absolute Gasteiger partial charge is 0.297 e. The minimum absolute atomic E-state index is 0.0508. The second-order valence-electron chi connectivity index (χ2n) is 8.61. The predicted molar refractivity (Wildman–Crippen MR) is 144 cm³/mol. The highest BCUT2D eigenvalue weighted by atomic mass is 32.2. The lowest BCUT2D eigenvalue weighted by molar-refractivity contribution is 0.326. The van der Waals surface area contributed by atoms with Crippen molar-refractivity contribution in [3.63, 3.8) is 0 Å². The molecule has 0 amide bonds. The van der Waals surface area contributed by atoms with Crippen molar-refractivity contribution in [2.24, 2.45) is 0 Å². The van der Waals surface area contributed by atoms with Gasteiger partial charge in [-0.2, -0.15) is 13.5 Å². The van der Waals surface area contributed by atoms with Crippen LogP contribution in [-0.2, 0) is 14.3 Å². The van der Waals surface area contributed by atoms with Crippen molar-refractivity contribution >= 4 is 15.8 Å². The molecule has 0 bridgehead atoms. The first-order valence-corrected chi connectivity index (χ1v) is 13.3. The molecule has 6 nitrogen and oxygen atoms in total. The molecule has 0 saturated heterocycles. The molecule has 5 rings (SSSR count). The van der Waals surface area contributed by atoms with Crippen LogP contribution < -0.4 is 0 Å². The van der Waals surface area contributed by atoms with Gasteiger partial charge in [-0.15, -0.1) is 0 Å². The highest BCUT2D eigenvalue weighted by Crippen LogP contribution is 2.29. The van der Waals surface area contributed by atoms with E-state index in [-0.39, 0.29) is 17.9 Å². The van der Waals surface area contributed by atoms with E-state index in [0.29, 0.717) is 11.2 Å². The molecule has 37 heavy (non-hydrogen) atoms. The van der Waals surface area contributed by atoms with Crippen molar-refractivity contribution in [2.75, 3.05) is 6.61 Å². The van der Waals surface area contributed by atoms with Crippen LogP contribution in [0, 0.1) is 25.7 Å². The van der Waals surface area contributed by atoms with E-state index in [9.17, 15) is 8.42 Å². The van der Waals surface area contributed by atoms with Crippen LogP contribution in [0.2, 0.25) is 0 Å². The zero-order valence-electron chi connectivity index (χ0n) is 20.5. The summed E-state index contributed by atoms with van der Waals surface area (Å²) in [4.78, 5) is 4.90. The van der Waals surface area contributed by atoms with Crippen LogP contribution in [0.5, 0.6) is 0 Å². The summed E-state index contributed by atoms with van der Waals surface area (Å²) in [7, 11) is -3.84. The molecule has 0 radical (unpaired) electrons. The zero-order valence-corrected chi connectivity index (χ0v) is 21.4. The van der Waals surface area contributed by atoms with E-state index in [1.807, 2.05) is 85.1 Å². The molecule has 0 aliphatic rings. The first-order chi connectivity index (χ1) is 17.9. The van der Waals surface area contributed by atoms with Crippen molar-refractivity contribution in [3.05, 3.63) is 108 Å². The number of hydrogen-bond donors (Lipinski definition) is 0. The fourth-order valence-corrected chi connectivity index (χ4v) is 4.90. The van der Waals surface area contributed by atoms with Gasteiger partial charge in [0.2, 0.25) is 0 Å². The number of rotatable bonds is 6. The molecule has 2 aromatic heterocycles. The lowest BCUT2D eigenvalue weighted by Crippen LogP contribution is -2.07. The number of benzene rings is 3. The SMILES string of the molecule is Cc1ccc(S(=O)(=O)OCCC#Cc2c(-c3ccccc3)nn3c(-c4ccccc4)cc(C)nc23)cc1. The third-order valence-corrected chi connectivity index (χ3v) is 7.15. The summed E-state index contributed by atoms with van der Waals surface area (Å²) in [5.41, 5.74) is 6.75. The maximum Gasteiger partial charge on any atom is 0.297 e. The molecule has 5 aromatic rings. The molecule has 0 saturated carbocycles. The molecule has 0 fully saturated rings. The van der Waals surface area contributed by atoms with Gasteiger partial charge in [-0.1, -0.05) is 90.2 Å². The Kier molecular flexibility index (Phi) is 6.87. The van der Waals surface area contributed by atoms with Crippen molar-refractivity contribution in [1.82, 2.24) is 14.6 Å². The van der Waals surface area contributed by atoms with E-state index in [1.165, 1.54) is 0 Å². The Morgan fingerprint density at radius 2 is 1.51 bits per heavy atom. The van der Waals surface area contributed by atoms with Crippen molar-refractivity contribution in [1.29, 1.82) is 0 Å². The Balaban J connectivity index is 1.49. The highest BCUT2D eigenvalue weighted by molar-refractivity contribution is 7.86. The molecule has 3 aromatic carbocycles. The summed E-state index contributed by atoms with van der Waals surface area (Å²) in [6.45, 7) is 3.80. The van der Waals surface area contributed by atoms with Crippen LogP contribution in [0.4, 0.5) is 0 Å². The van der Waals surface area contributed by atoms with Gasteiger partial charge in [0.25, 0.3) is 10.1 Å². The third kappa shape index (κ3) is 5.31. The number of nitrogens with zero attached hydrogens (tertiary/aromatic N) is 3. The quantitative estimate of drug-likeness (QED) is 0.164. The van der Waals surface area contributed by atoms with Crippen molar-refractivity contribution in [2.45, 2.75) is 25.2 Å². The van der Waals surface area contributed by atoms with Gasteiger partial charge in [0.15, 0.2) is 5.65 Å². The van der Waals surface area contributed by atoms with Crippen LogP contribution in [0.15, 0.2) is 95.9 Å². The van der Waals surface area contributed by atoms with E-state index in [4.69, 9.17) is 14.3 Å². The summed E-state index contributed by atoms with van der Waals surface area (Å²) in [6.07, 6.45) is 0.230. The Morgan fingerprint density at radius 3 is 2.19 bits per heavy atom. The van der Waals surface area contributed by atoms with Crippen LogP contribution >= 0.6 is 0 Å². The van der Waals surface area contributed by atoms with Gasteiger partial charge in [0, 0.05) is 23.2 Å². The number of aryl methyl sites for hydroxylation is 2. The Hall–Kier alpha value is -4.25. The molecule has 0 N–H and O–H groups in total. The zero-order chi connectivity index (χ0) is 25.8. The van der Waals surface area contributed by atoms with Crippen LogP contribution in [0.25, 0.3) is 28.2 Å². The number of aromatic nitrogens is 3.